The number of β-amino-alcohol motifs (C(OH)–C–C–N with tert-alkyl or cyclic N) is 1. The zero-order valence-electron chi connectivity index (χ0n) is 10.9. The summed E-state index contributed by atoms with van der Waals surface area (Å²) in [7, 11) is -2.85. The van der Waals surface area contributed by atoms with Crippen LogP contribution in [0.25, 0.3) is 0 Å². The third kappa shape index (κ3) is 2.98. The van der Waals surface area contributed by atoms with Gasteiger partial charge in [0.15, 0.2) is 0 Å². The Morgan fingerprint density at radius 3 is 2.70 bits per heavy atom. The molecule has 0 radical (unpaired) electrons. The first-order valence-corrected chi connectivity index (χ1v) is 7.53. The number of rotatable bonds is 4. The van der Waals surface area contributed by atoms with E-state index in [-0.39, 0.29) is 13.1 Å². The van der Waals surface area contributed by atoms with Crippen molar-refractivity contribution in [3.8, 4) is 0 Å². The predicted molar refractivity (Wildman–Crippen MR) is 68.6 cm³/mol. The van der Waals surface area contributed by atoms with Crippen molar-refractivity contribution < 1.29 is 22.3 Å². The summed E-state index contributed by atoms with van der Waals surface area (Å²) < 4.78 is 51.8. The van der Waals surface area contributed by atoms with E-state index in [1.54, 1.807) is 0 Å². The Labute approximate surface area is 116 Å². The Bertz CT molecular complexity index is 601. The molecule has 0 saturated carbocycles. The van der Waals surface area contributed by atoms with Gasteiger partial charge in [-0.1, -0.05) is 0 Å². The molecular weight excluding hydrogens is 290 g/mol. The minimum absolute atomic E-state index is 0.154. The van der Waals surface area contributed by atoms with E-state index >= 15 is 0 Å². The normalized spacial score (nSPS) is 23.4. The molecule has 1 aliphatic rings. The molecular formula is C12H16F2N2O3S. The monoisotopic (exact) mass is 306 g/mol. The lowest BCUT2D eigenvalue weighted by atomic mass is 10.0. The van der Waals surface area contributed by atoms with Crippen LogP contribution in [0.15, 0.2) is 23.1 Å². The molecule has 1 aliphatic heterocycles. The van der Waals surface area contributed by atoms with Gasteiger partial charge in [-0.3, -0.25) is 0 Å². The third-order valence-corrected chi connectivity index (χ3v) is 5.16. The molecule has 0 amide bonds. The molecule has 1 heterocycles. The highest BCUT2D eigenvalue weighted by molar-refractivity contribution is 7.89. The molecule has 1 atom stereocenters. The average molecular weight is 306 g/mol. The molecule has 1 unspecified atom stereocenters. The molecule has 0 bridgehead atoms. The highest BCUT2D eigenvalue weighted by Gasteiger charge is 2.36. The van der Waals surface area contributed by atoms with Crippen LogP contribution < -0.4 is 5.32 Å². The molecule has 2 N–H and O–H groups in total. The lowest BCUT2D eigenvalue weighted by Gasteiger charge is -2.27. The molecule has 0 aliphatic carbocycles. The molecule has 1 aromatic rings. The number of likely N-dealkylation sites (N-methyl/N-ethyl adjacent to an activating group) is 1. The smallest absolute Gasteiger partial charge is 0.245 e. The maximum atomic E-state index is 13.6. The van der Waals surface area contributed by atoms with Crippen LogP contribution in [-0.4, -0.2) is 50.1 Å². The van der Waals surface area contributed by atoms with Crippen molar-refractivity contribution in [2.24, 2.45) is 0 Å². The van der Waals surface area contributed by atoms with Gasteiger partial charge in [0.05, 0.1) is 5.60 Å². The van der Waals surface area contributed by atoms with Gasteiger partial charge in [0.25, 0.3) is 0 Å². The standard InChI is InChI=1S/C12H16F2N2O3S/c1-16(8-12(17)4-5-15-7-12)20(18,19)11-3-2-9(13)6-10(11)14/h2-3,6,15,17H,4-5,7-8H2,1H3. The Kier molecular flexibility index (Phi) is 4.10. The van der Waals surface area contributed by atoms with E-state index in [2.05, 4.69) is 5.32 Å². The van der Waals surface area contributed by atoms with E-state index in [1.807, 2.05) is 0 Å². The van der Waals surface area contributed by atoms with Gasteiger partial charge in [-0.25, -0.2) is 17.2 Å². The lowest BCUT2D eigenvalue weighted by Crippen LogP contribution is -2.45. The van der Waals surface area contributed by atoms with E-state index < -0.39 is 32.2 Å². The average Bonchev–Trinajstić information content (AvgIpc) is 2.75. The van der Waals surface area contributed by atoms with E-state index in [0.717, 1.165) is 16.4 Å². The van der Waals surface area contributed by atoms with Crippen molar-refractivity contribution in [1.29, 1.82) is 0 Å². The Morgan fingerprint density at radius 1 is 1.45 bits per heavy atom. The molecule has 0 aromatic heterocycles. The predicted octanol–water partition coefficient (Wildman–Crippen LogP) is 0.310. The van der Waals surface area contributed by atoms with E-state index in [4.69, 9.17) is 0 Å². The first-order valence-electron chi connectivity index (χ1n) is 6.09. The zero-order valence-corrected chi connectivity index (χ0v) is 11.8. The van der Waals surface area contributed by atoms with Crippen molar-refractivity contribution in [2.45, 2.75) is 16.9 Å². The van der Waals surface area contributed by atoms with Crippen molar-refractivity contribution >= 4 is 10.0 Å². The second-order valence-electron chi connectivity index (χ2n) is 4.99. The van der Waals surface area contributed by atoms with Crippen LogP contribution in [0.2, 0.25) is 0 Å². The molecule has 1 fully saturated rings. The van der Waals surface area contributed by atoms with Gasteiger partial charge < -0.3 is 10.4 Å². The highest BCUT2D eigenvalue weighted by Crippen LogP contribution is 2.23. The van der Waals surface area contributed by atoms with Crippen LogP contribution in [0.1, 0.15) is 6.42 Å². The number of sulfonamides is 1. The topological polar surface area (TPSA) is 69.6 Å². The van der Waals surface area contributed by atoms with Crippen LogP contribution in [0, 0.1) is 11.6 Å². The fraction of sp³-hybridized carbons (Fsp3) is 0.500. The highest BCUT2D eigenvalue weighted by atomic mass is 32.2. The van der Waals surface area contributed by atoms with Crippen LogP contribution in [0.4, 0.5) is 8.78 Å². The van der Waals surface area contributed by atoms with Gasteiger partial charge in [-0.05, 0) is 25.1 Å². The van der Waals surface area contributed by atoms with Gasteiger partial charge in [0, 0.05) is 26.2 Å². The fourth-order valence-corrected chi connectivity index (χ4v) is 3.51. The van der Waals surface area contributed by atoms with Crippen molar-refractivity contribution in [2.75, 3.05) is 26.7 Å². The third-order valence-electron chi connectivity index (χ3n) is 3.32. The number of aliphatic hydroxyl groups is 1. The van der Waals surface area contributed by atoms with Crippen LogP contribution in [0.5, 0.6) is 0 Å². The summed E-state index contributed by atoms with van der Waals surface area (Å²) in [4.78, 5) is -0.601. The number of nitrogens with zero attached hydrogens (tertiary/aromatic N) is 1. The maximum Gasteiger partial charge on any atom is 0.245 e. The Balaban J connectivity index is 2.25. The lowest BCUT2D eigenvalue weighted by molar-refractivity contribution is 0.0462. The van der Waals surface area contributed by atoms with E-state index in [0.29, 0.717) is 19.0 Å². The molecule has 5 nitrogen and oxygen atoms in total. The molecule has 0 spiro atoms. The van der Waals surface area contributed by atoms with E-state index in [9.17, 15) is 22.3 Å². The summed E-state index contributed by atoms with van der Waals surface area (Å²) in [5.74, 6) is -1.99. The van der Waals surface area contributed by atoms with Crippen LogP contribution >= 0.6 is 0 Å². The van der Waals surface area contributed by atoms with Gasteiger partial charge in [0.2, 0.25) is 10.0 Å². The number of hydrogen-bond donors (Lipinski definition) is 2. The molecule has 112 valence electrons. The summed E-state index contributed by atoms with van der Waals surface area (Å²) in [5.41, 5.74) is -1.17. The largest absolute Gasteiger partial charge is 0.387 e. The maximum absolute atomic E-state index is 13.6. The van der Waals surface area contributed by atoms with E-state index in [1.165, 1.54) is 7.05 Å². The number of hydrogen-bond acceptors (Lipinski definition) is 4. The molecule has 20 heavy (non-hydrogen) atoms. The van der Waals surface area contributed by atoms with Gasteiger partial charge >= 0.3 is 0 Å². The summed E-state index contributed by atoms with van der Waals surface area (Å²) >= 11 is 0. The Hall–Kier alpha value is -1.09. The van der Waals surface area contributed by atoms with Crippen molar-refractivity contribution in [3.05, 3.63) is 29.8 Å². The number of benzene rings is 1. The fourth-order valence-electron chi connectivity index (χ4n) is 2.22. The molecule has 2 rings (SSSR count). The number of nitrogens with one attached hydrogen (secondary N) is 1. The summed E-state index contributed by atoms with van der Waals surface area (Å²) in [5, 5.41) is 13.1. The quantitative estimate of drug-likeness (QED) is 0.840. The van der Waals surface area contributed by atoms with Crippen molar-refractivity contribution in [1.82, 2.24) is 9.62 Å². The first kappa shape index (κ1) is 15.3. The summed E-state index contributed by atoms with van der Waals surface area (Å²) in [6.45, 7) is 0.715. The second kappa shape index (κ2) is 5.36. The SMILES string of the molecule is CN(CC1(O)CCNC1)S(=O)(=O)c1ccc(F)cc1F. The second-order valence-corrected chi connectivity index (χ2v) is 7.00. The van der Waals surface area contributed by atoms with Crippen LogP contribution in [-0.2, 0) is 10.0 Å². The molecule has 1 saturated heterocycles. The van der Waals surface area contributed by atoms with Crippen LogP contribution in [0.3, 0.4) is 0 Å². The summed E-state index contributed by atoms with van der Waals surface area (Å²) in [6.07, 6.45) is 0.415. The minimum Gasteiger partial charge on any atom is -0.387 e. The Morgan fingerprint density at radius 2 is 2.15 bits per heavy atom. The van der Waals surface area contributed by atoms with Crippen molar-refractivity contribution in [3.63, 3.8) is 0 Å². The first-order chi connectivity index (χ1) is 9.24. The van der Waals surface area contributed by atoms with Gasteiger partial charge in [-0.15, -0.1) is 0 Å². The number of halogens is 2. The van der Waals surface area contributed by atoms with Gasteiger partial charge in [-0.2, -0.15) is 4.31 Å². The molecule has 8 heteroatoms. The molecule has 1 aromatic carbocycles. The van der Waals surface area contributed by atoms with Gasteiger partial charge in [0.1, 0.15) is 16.5 Å². The minimum atomic E-state index is -4.11. The zero-order chi connectivity index (χ0) is 15.0. The summed E-state index contributed by atoms with van der Waals surface area (Å²) in [6, 6.07) is 2.29.